The van der Waals surface area contributed by atoms with Gasteiger partial charge in [-0.1, -0.05) is 0 Å². The summed E-state index contributed by atoms with van der Waals surface area (Å²) in [6.07, 6.45) is 1.48. The minimum Gasteiger partial charge on any atom is -0.486 e. The van der Waals surface area contributed by atoms with Crippen LogP contribution in [0, 0.1) is 5.92 Å². The summed E-state index contributed by atoms with van der Waals surface area (Å²) in [5.41, 5.74) is 0.722. The molecule has 2 aliphatic heterocycles. The first-order valence-corrected chi connectivity index (χ1v) is 9.86. The minimum atomic E-state index is -0.323. The number of rotatable bonds is 4. The summed E-state index contributed by atoms with van der Waals surface area (Å²) in [4.78, 5) is 39.1. The van der Waals surface area contributed by atoms with Crippen LogP contribution in [-0.2, 0) is 20.6 Å². The lowest BCUT2D eigenvalue weighted by Gasteiger charge is -2.31. The van der Waals surface area contributed by atoms with Crippen LogP contribution in [-0.4, -0.2) is 46.1 Å². The van der Waals surface area contributed by atoms with Crippen LogP contribution in [0.5, 0.6) is 11.5 Å². The van der Waals surface area contributed by atoms with Crippen molar-refractivity contribution in [1.29, 1.82) is 0 Å². The van der Waals surface area contributed by atoms with Crippen molar-refractivity contribution in [3.8, 4) is 11.5 Å². The van der Waals surface area contributed by atoms with Crippen molar-refractivity contribution in [3.63, 3.8) is 0 Å². The van der Waals surface area contributed by atoms with E-state index in [1.54, 1.807) is 25.2 Å². The van der Waals surface area contributed by atoms with Crippen molar-refractivity contribution in [2.45, 2.75) is 19.4 Å². The number of fused-ring (bicyclic) bond motifs is 1. The molecule has 1 saturated heterocycles. The molecule has 4 rings (SSSR count). The first-order valence-electron chi connectivity index (χ1n) is 9.86. The fourth-order valence-corrected chi connectivity index (χ4v) is 3.94. The highest BCUT2D eigenvalue weighted by Gasteiger charge is 2.27. The molecule has 1 aromatic heterocycles. The van der Waals surface area contributed by atoms with Crippen molar-refractivity contribution in [2.75, 3.05) is 26.3 Å². The normalized spacial score (nSPS) is 17.3. The van der Waals surface area contributed by atoms with Crippen molar-refractivity contribution >= 4 is 5.78 Å². The van der Waals surface area contributed by atoms with Crippen molar-refractivity contribution in [3.05, 3.63) is 56.4 Å². The van der Waals surface area contributed by atoms with Gasteiger partial charge >= 0.3 is 5.69 Å². The number of likely N-dealkylation sites (tertiary alicyclic amines) is 1. The van der Waals surface area contributed by atoms with Crippen LogP contribution in [0.15, 0.2) is 33.9 Å². The van der Waals surface area contributed by atoms with Gasteiger partial charge in [-0.25, -0.2) is 4.79 Å². The molecule has 0 spiro atoms. The molecule has 3 heterocycles. The lowest BCUT2D eigenvalue weighted by Crippen LogP contribution is -2.41. The highest BCUT2D eigenvalue weighted by Crippen LogP contribution is 2.32. The van der Waals surface area contributed by atoms with Gasteiger partial charge in [-0.05, 0) is 44.1 Å². The number of hydrogen-bond donors (Lipinski definition) is 0. The first-order chi connectivity index (χ1) is 13.9. The number of carbonyl (C=O) groups excluding carboxylic acids is 1. The van der Waals surface area contributed by atoms with Gasteiger partial charge in [0, 0.05) is 43.9 Å². The molecule has 8 nitrogen and oxygen atoms in total. The molecule has 0 aliphatic carbocycles. The Morgan fingerprint density at radius 1 is 1.00 bits per heavy atom. The van der Waals surface area contributed by atoms with Gasteiger partial charge in [-0.3, -0.25) is 23.6 Å². The largest absolute Gasteiger partial charge is 0.486 e. The molecule has 0 atom stereocenters. The van der Waals surface area contributed by atoms with Gasteiger partial charge in [0.2, 0.25) is 0 Å². The maximum absolute atomic E-state index is 12.9. The van der Waals surface area contributed by atoms with Crippen LogP contribution in [0.25, 0.3) is 0 Å². The van der Waals surface area contributed by atoms with E-state index in [4.69, 9.17) is 9.47 Å². The number of ketones is 1. The summed E-state index contributed by atoms with van der Waals surface area (Å²) in [6, 6.07) is 6.89. The molecular formula is C21H25N3O5. The minimum absolute atomic E-state index is 0.0405. The van der Waals surface area contributed by atoms with E-state index in [0.717, 1.165) is 30.5 Å². The van der Waals surface area contributed by atoms with Gasteiger partial charge in [-0.2, -0.15) is 0 Å². The summed E-state index contributed by atoms with van der Waals surface area (Å²) in [5, 5.41) is 0. The summed E-state index contributed by atoms with van der Waals surface area (Å²) in [6.45, 7) is 3.02. The van der Waals surface area contributed by atoms with E-state index in [0.29, 0.717) is 42.5 Å². The van der Waals surface area contributed by atoms with Crippen molar-refractivity contribution < 1.29 is 14.3 Å². The quantitative estimate of drug-likeness (QED) is 0.712. The molecule has 154 valence electrons. The summed E-state index contributed by atoms with van der Waals surface area (Å²) < 4.78 is 13.7. The zero-order valence-corrected chi connectivity index (χ0v) is 16.7. The summed E-state index contributed by atoms with van der Waals surface area (Å²) >= 11 is 0. The second-order valence-corrected chi connectivity index (χ2v) is 7.65. The molecule has 1 aromatic carbocycles. The zero-order valence-electron chi connectivity index (χ0n) is 16.7. The van der Waals surface area contributed by atoms with E-state index >= 15 is 0 Å². The van der Waals surface area contributed by atoms with E-state index in [-0.39, 0.29) is 23.0 Å². The second-order valence-electron chi connectivity index (χ2n) is 7.65. The Morgan fingerprint density at radius 2 is 1.69 bits per heavy atom. The molecule has 0 amide bonds. The van der Waals surface area contributed by atoms with Gasteiger partial charge in [0.15, 0.2) is 17.3 Å². The standard InChI is InChI=1S/C21H25N3O5/c1-22-16(12-19(25)23(2)21(22)27)13-24-7-5-14(6-8-24)20(26)15-3-4-17-18(11-15)29-10-9-28-17/h3-4,11-12,14H,5-10,13H2,1-2H3. The van der Waals surface area contributed by atoms with E-state index in [9.17, 15) is 14.4 Å². The van der Waals surface area contributed by atoms with Gasteiger partial charge < -0.3 is 9.47 Å². The fourth-order valence-electron chi connectivity index (χ4n) is 3.94. The molecule has 0 unspecified atom stereocenters. The Kier molecular flexibility index (Phi) is 5.27. The Morgan fingerprint density at radius 3 is 2.41 bits per heavy atom. The molecule has 1 fully saturated rings. The Balaban J connectivity index is 1.40. The number of benzene rings is 1. The monoisotopic (exact) mass is 399 g/mol. The topological polar surface area (TPSA) is 82.8 Å². The summed E-state index contributed by atoms with van der Waals surface area (Å²) in [7, 11) is 3.15. The third-order valence-electron chi connectivity index (χ3n) is 5.80. The van der Waals surface area contributed by atoms with E-state index in [1.807, 2.05) is 0 Å². The average Bonchev–Trinajstić information content (AvgIpc) is 2.75. The number of piperidine rings is 1. The van der Waals surface area contributed by atoms with Gasteiger partial charge in [0.1, 0.15) is 13.2 Å². The molecule has 0 saturated carbocycles. The molecule has 29 heavy (non-hydrogen) atoms. The van der Waals surface area contributed by atoms with Crippen LogP contribution in [0.1, 0.15) is 28.9 Å². The highest BCUT2D eigenvalue weighted by atomic mass is 16.6. The van der Waals surface area contributed by atoms with E-state index in [2.05, 4.69) is 4.90 Å². The van der Waals surface area contributed by atoms with E-state index < -0.39 is 0 Å². The molecule has 0 N–H and O–H groups in total. The third kappa shape index (κ3) is 3.85. The Hall–Kier alpha value is -2.87. The highest BCUT2D eigenvalue weighted by molar-refractivity contribution is 5.98. The number of nitrogens with zero attached hydrogens (tertiary/aromatic N) is 3. The van der Waals surface area contributed by atoms with Gasteiger partial charge in [0.05, 0.1) is 0 Å². The number of Topliss-reactive ketones (excluding diaryl/α,β-unsaturated/α-hetero) is 1. The second kappa shape index (κ2) is 7.87. The molecular weight excluding hydrogens is 374 g/mol. The van der Waals surface area contributed by atoms with Crippen LogP contribution in [0.3, 0.4) is 0 Å². The van der Waals surface area contributed by atoms with Crippen molar-refractivity contribution in [2.24, 2.45) is 20.0 Å². The molecule has 8 heteroatoms. The molecule has 2 aliphatic rings. The predicted octanol–water partition coefficient (Wildman–Crippen LogP) is 0.950. The number of hydrogen-bond acceptors (Lipinski definition) is 6. The fraction of sp³-hybridized carbons (Fsp3) is 0.476. The Labute approximate surface area is 168 Å². The summed E-state index contributed by atoms with van der Waals surface area (Å²) in [5.74, 6) is 1.40. The maximum Gasteiger partial charge on any atom is 0.330 e. The van der Waals surface area contributed by atoms with Crippen LogP contribution < -0.4 is 20.7 Å². The van der Waals surface area contributed by atoms with Crippen LogP contribution in [0.2, 0.25) is 0 Å². The number of aromatic nitrogens is 2. The van der Waals surface area contributed by atoms with Gasteiger partial charge in [-0.15, -0.1) is 0 Å². The van der Waals surface area contributed by atoms with E-state index in [1.165, 1.54) is 17.7 Å². The molecule has 2 aromatic rings. The first kappa shape index (κ1) is 19.4. The zero-order chi connectivity index (χ0) is 20.5. The molecule has 0 bridgehead atoms. The van der Waals surface area contributed by atoms with Crippen LogP contribution in [0.4, 0.5) is 0 Å². The lowest BCUT2D eigenvalue weighted by molar-refractivity contribution is 0.0831. The predicted molar refractivity (Wildman–Crippen MR) is 107 cm³/mol. The third-order valence-corrected chi connectivity index (χ3v) is 5.80. The lowest BCUT2D eigenvalue weighted by atomic mass is 9.88. The maximum atomic E-state index is 12.9. The number of carbonyl (C=O) groups is 1. The number of ether oxygens (including phenoxy) is 2. The average molecular weight is 399 g/mol. The SMILES string of the molecule is Cn1c(CN2CCC(C(=O)c3ccc4c(c3)OCCO4)CC2)cc(=O)n(C)c1=O. The van der Waals surface area contributed by atoms with Gasteiger partial charge in [0.25, 0.3) is 5.56 Å². The van der Waals surface area contributed by atoms with Crippen LogP contribution >= 0.6 is 0 Å². The Bertz CT molecular complexity index is 1050. The van der Waals surface area contributed by atoms with Crippen molar-refractivity contribution in [1.82, 2.24) is 14.0 Å². The smallest absolute Gasteiger partial charge is 0.330 e. The molecule has 0 radical (unpaired) electrons.